The molecule has 1 aromatic rings. The Bertz CT molecular complexity index is 755. The van der Waals surface area contributed by atoms with Gasteiger partial charge in [0.25, 0.3) is 5.91 Å². The standard InChI is InChI=1S/C31H58N2O/c1-15-28(9,16-2)24-23(27(34)32(13)14)25(29(10,17-3)18-4)33(31(12,21-7)22-8)26(24)30(11,19-5)20-6/h15-22H2,1-14H3. The molecule has 0 aliphatic rings. The quantitative estimate of drug-likeness (QED) is 0.280. The Balaban J connectivity index is 4.77. The lowest BCUT2D eigenvalue weighted by Crippen LogP contribution is -2.40. The molecule has 0 aliphatic carbocycles. The first kappa shape index (κ1) is 30.8. The SMILES string of the molecule is CCC(C)(CC)c1c(C(=O)N(C)C)c(C(C)(CC)CC)n(C(C)(CC)CC)c1C(C)(CC)CC. The molecule has 3 nitrogen and oxygen atoms in total. The van der Waals surface area contributed by atoms with Gasteiger partial charge in [-0.25, -0.2) is 0 Å². The van der Waals surface area contributed by atoms with Crippen molar-refractivity contribution in [3.8, 4) is 0 Å². The molecule has 1 amide bonds. The third kappa shape index (κ3) is 4.87. The van der Waals surface area contributed by atoms with Gasteiger partial charge >= 0.3 is 0 Å². The van der Waals surface area contributed by atoms with Gasteiger partial charge in [0.15, 0.2) is 0 Å². The molecule has 0 saturated heterocycles. The highest BCUT2D eigenvalue weighted by Gasteiger charge is 2.48. The van der Waals surface area contributed by atoms with Crippen molar-refractivity contribution in [2.24, 2.45) is 0 Å². The van der Waals surface area contributed by atoms with Gasteiger partial charge in [-0.3, -0.25) is 4.79 Å². The summed E-state index contributed by atoms with van der Waals surface area (Å²) >= 11 is 0. The van der Waals surface area contributed by atoms with Crippen LogP contribution in [0.3, 0.4) is 0 Å². The number of rotatable bonds is 13. The molecule has 0 fully saturated rings. The van der Waals surface area contributed by atoms with E-state index in [0.717, 1.165) is 56.9 Å². The lowest BCUT2D eigenvalue weighted by Gasteiger charge is -2.43. The monoisotopic (exact) mass is 474 g/mol. The number of hydrogen-bond acceptors (Lipinski definition) is 1. The predicted molar refractivity (Wildman–Crippen MR) is 150 cm³/mol. The Kier molecular flexibility index (Phi) is 10.1. The van der Waals surface area contributed by atoms with Gasteiger partial charge in [-0.2, -0.15) is 0 Å². The molecule has 0 saturated carbocycles. The summed E-state index contributed by atoms with van der Waals surface area (Å²) in [6.45, 7) is 28.2. The molecule has 1 heterocycles. The van der Waals surface area contributed by atoms with E-state index in [9.17, 15) is 4.79 Å². The van der Waals surface area contributed by atoms with Crippen LogP contribution in [0, 0.1) is 0 Å². The minimum atomic E-state index is -0.0651. The zero-order valence-electron chi connectivity index (χ0n) is 25.5. The smallest absolute Gasteiger partial charge is 0.255 e. The van der Waals surface area contributed by atoms with Crippen LogP contribution < -0.4 is 0 Å². The average molecular weight is 475 g/mol. The molecule has 0 bridgehead atoms. The van der Waals surface area contributed by atoms with Crippen LogP contribution in [0.1, 0.15) is 162 Å². The van der Waals surface area contributed by atoms with E-state index < -0.39 is 0 Å². The van der Waals surface area contributed by atoms with Gasteiger partial charge in [0.1, 0.15) is 0 Å². The summed E-state index contributed by atoms with van der Waals surface area (Å²) < 4.78 is 2.74. The molecule has 0 unspecified atom stereocenters. The Hall–Kier alpha value is -1.25. The van der Waals surface area contributed by atoms with Crippen molar-refractivity contribution >= 4 is 5.91 Å². The molecule has 0 atom stereocenters. The fourth-order valence-corrected chi connectivity index (χ4v) is 5.61. The summed E-state index contributed by atoms with van der Waals surface area (Å²) in [5.41, 5.74) is 4.96. The van der Waals surface area contributed by atoms with Crippen molar-refractivity contribution in [2.45, 2.75) is 156 Å². The van der Waals surface area contributed by atoms with E-state index in [0.29, 0.717) is 0 Å². The molecule has 3 heteroatoms. The minimum Gasteiger partial charge on any atom is -0.345 e. The highest BCUT2D eigenvalue weighted by atomic mass is 16.2. The van der Waals surface area contributed by atoms with Crippen LogP contribution in [0.5, 0.6) is 0 Å². The molecular weight excluding hydrogens is 416 g/mol. The molecule has 0 spiro atoms. The van der Waals surface area contributed by atoms with Gasteiger partial charge in [-0.1, -0.05) is 76.2 Å². The summed E-state index contributed by atoms with van der Waals surface area (Å²) in [7, 11) is 3.85. The summed E-state index contributed by atoms with van der Waals surface area (Å²) in [4.78, 5) is 16.0. The van der Waals surface area contributed by atoms with Crippen LogP contribution in [0.25, 0.3) is 0 Å². The van der Waals surface area contributed by atoms with E-state index in [-0.39, 0.29) is 27.7 Å². The van der Waals surface area contributed by atoms with Crippen LogP contribution in [-0.2, 0) is 21.8 Å². The van der Waals surface area contributed by atoms with Gasteiger partial charge in [0, 0.05) is 41.9 Å². The molecule has 1 rings (SSSR count). The van der Waals surface area contributed by atoms with Crippen LogP contribution >= 0.6 is 0 Å². The minimum absolute atomic E-state index is 0.00845. The fourth-order valence-electron chi connectivity index (χ4n) is 5.61. The molecule has 0 N–H and O–H groups in total. The second-order valence-corrected chi connectivity index (χ2v) is 12.0. The first-order chi connectivity index (χ1) is 15.7. The number of carbonyl (C=O) groups is 1. The molecule has 198 valence electrons. The van der Waals surface area contributed by atoms with Crippen LogP contribution in [-0.4, -0.2) is 29.5 Å². The van der Waals surface area contributed by atoms with Crippen molar-refractivity contribution in [3.05, 3.63) is 22.5 Å². The average Bonchev–Trinajstić information content (AvgIpc) is 3.24. The molecule has 1 aromatic heterocycles. The van der Waals surface area contributed by atoms with Crippen molar-refractivity contribution in [2.75, 3.05) is 14.1 Å². The van der Waals surface area contributed by atoms with E-state index in [2.05, 4.69) is 87.7 Å². The first-order valence-electron chi connectivity index (χ1n) is 14.2. The third-order valence-electron chi connectivity index (χ3n) is 10.3. The summed E-state index contributed by atoms with van der Waals surface area (Å²) in [6, 6.07) is 0. The fraction of sp³-hybridized carbons (Fsp3) is 0.839. The maximum Gasteiger partial charge on any atom is 0.255 e. The number of aromatic nitrogens is 1. The molecule has 0 radical (unpaired) electrons. The maximum atomic E-state index is 14.2. The normalized spacial score (nSPS) is 13.5. The second-order valence-electron chi connectivity index (χ2n) is 12.0. The van der Waals surface area contributed by atoms with Gasteiger partial charge in [-0.15, -0.1) is 0 Å². The third-order valence-corrected chi connectivity index (χ3v) is 10.3. The summed E-state index contributed by atoms with van der Waals surface area (Å²) in [5.74, 6) is 0.176. The topological polar surface area (TPSA) is 25.2 Å². The molecule has 34 heavy (non-hydrogen) atoms. The zero-order valence-corrected chi connectivity index (χ0v) is 25.5. The van der Waals surface area contributed by atoms with Gasteiger partial charge in [0.2, 0.25) is 0 Å². The van der Waals surface area contributed by atoms with Crippen molar-refractivity contribution in [1.29, 1.82) is 0 Å². The zero-order chi connectivity index (χ0) is 26.7. The lowest BCUT2D eigenvalue weighted by molar-refractivity contribution is 0.0820. The molecule has 0 aliphatic heterocycles. The van der Waals surface area contributed by atoms with E-state index in [1.807, 2.05) is 19.0 Å². The highest BCUT2D eigenvalue weighted by molar-refractivity contribution is 5.98. The largest absolute Gasteiger partial charge is 0.345 e. The Morgan fingerprint density at radius 3 is 1.26 bits per heavy atom. The van der Waals surface area contributed by atoms with Crippen LogP contribution in [0.4, 0.5) is 0 Å². The highest BCUT2D eigenvalue weighted by Crippen LogP contribution is 2.52. The van der Waals surface area contributed by atoms with Gasteiger partial charge in [0.05, 0.1) is 5.56 Å². The number of hydrogen-bond donors (Lipinski definition) is 0. The first-order valence-corrected chi connectivity index (χ1v) is 14.2. The van der Waals surface area contributed by atoms with Crippen molar-refractivity contribution in [1.82, 2.24) is 9.47 Å². The second kappa shape index (κ2) is 11.2. The van der Waals surface area contributed by atoms with Crippen LogP contribution in [0.2, 0.25) is 0 Å². The Morgan fingerprint density at radius 2 is 0.971 bits per heavy atom. The lowest BCUT2D eigenvalue weighted by atomic mass is 9.68. The number of amides is 1. The van der Waals surface area contributed by atoms with Crippen LogP contribution in [0.15, 0.2) is 0 Å². The predicted octanol–water partition coefficient (Wildman–Crippen LogP) is 8.96. The van der Waals surface area contributed by atoms with Crippen molar-refractivity contribution < 1.29 is 4.79 Å². The van der Waals surface area contributed by atoms with Crippen molar-refractivity contribution in [3.63, 3.8) is 0 Å². The molecule has 0 aromatic carbocycles. The Morgan fingerprint density at radius 1 is 0.618 bits per heavy atom. The maximum absolute atomic E-state index is 14.2. The number of carbonyl (C=O) groups excluding carboxylic acids is 1. The van der Waals surface area contributed by atoms with Gasteiger partial charge < -0.3 is 9.47 Å². The van der Waals surface area contributed by atoms with E-state index in [4.69, 9.17) is 0 Å². The van der Waals surface area contributed by atoms with E-state index in [1.165, 1.54) is 17.0 Å². The number of nitrogens with zero attached hydrogens (tertiary/aromatic N) is 2. The van der Waals surface area contributed by atoms with Gasteiger partial charge in [-0.05, 0) is 69.3 Å². The van der Waals surface area contributed by atoms with E-state index >= 15 is 0 Å². The Labute approximate surface area is 213 Å². The van der Waals surface area contributed by atoms with E-state index in [1.54, 1.807) is 0 Å². The summed E-state index contributed by atoms with van der Waals surface area (Å²) in [6.07, 6.45) is 8.34. The summed E-state index contributed by atoms with van der Waals surface area (Å²) in [5, 5.41) is 0. The molecular formula is C31H58N2O.